The molecule has 1 heterocycles. The first-order valence-electron chi connectivity index (χ1n) is 9.55. The number of halogens is 4. The SMILES string of the molecule is CNC(=O)C(C)(C)CNC(=NCc1cccc(C(F)(F)F)c1)NCCc1ccco1.I. The van der Waals surface area contributed by atoms with Gasteiger partial charge in [-0.2, -0.15) is 13.2 Å². The summed E-state index contributed by atoms with van der Waals surface area (Å²) in [5, 5.41) is 8.83. The van der Waals surface area contributed by atoms with Gasteiger partial charge in [-0.05, 0) is 43.7 Å². The molecular weight excluding hydrogens is 524 g/mol. The second-order valence-electron chi connectivity index (χ2n) is 7.44. The number of nitrogens with zero attached hydrogens (tertiary/aromatic N) is 1. The van der Waals surface area contributed by atoms with Crippen LogP contribution in [-0.2, 0) is 23.9 Å². The van der Waals surface area contributed by atoms with Crippen LogP contribution in [0.1, 0.15) is 30.7 Å². The van der Waals surface area contributed by atoms with Gasteiger partial charge < -0.3 is 20.4 Å². The third-order valence-corrected chi connectivity index (χ3v) is 4.46. The lowest BCUT2D eigenvalue weighted by atomic mass is 9.92. The number of benzene rings is 1. The number of alkyl halides is 3. The minimum Gasteiger partial charge on any atom is -0.469 e. The predicted octanol–water partition coefficient (Wildman–Crippen LogP) is 3.97. The minimum absolute atomic E-state index is 0. The van der Waals surface area contributed by atoms with E-state index in [1.54, 1.807) is 39.3 Å². The van der Waals surface area contributed by atoms with Crippen LogP contribution >= 0.6 is 24.0 Å². The number of hydrogen-bond donors (Lipinski definition) is 3. The molecule has 1 amide bonds. The second kappa shape index (κ2) is 12.0. The summed E-state index contributed by atoms with van der Waals surface area (Å²) in [6.07, 6.45) is -2.21. The molecule has 0 aliphatic heterocycles. The quantitative estimate of drug-likeness (QED) is 0.263. The van der Waals surface area contributed by atoms with E-state index in [0.29, 0.717) is 31.0 Å². The highest BCUT2D eigenvalue weighted by Gasteiger charge is 2.30. The maximum Gasteiger partial charge on any atom is 0.416 e. The van der Waals surface area contributed by atoms with Crippen molar-refractivity contribution >= 4 is 35.8 Å². The molecule has 0 spiro atoms. The fourth-order valence-corrected chi connectivity index (χ4v) is 2.67. The molecule has 0 aliphatic carbocycles. The summed E-state index contributed by atoms with van der Waals surface area (Å²) in [6, 6.07) is 8.71. The molecule has 6 nitrogen and oxygen atoms in total. The van der Waals surface area contributed by atoms with Gasteiger partial charge in [0.25, 0.3) is 0 Å². The molecule has 172 valence electrons. The summed E-state index contributed by atoms with van der Waals surface area (Å²) in [5.41, 5.74) is -0.979. The Morgan fingerprint density at radius 3 is 2.48 bits per heavy atom. The van der Waals surface area contributed by atoms with Crippen molar-refractivity contribution < 1.29 is 22.4 Å². The predicted molar refractivity (Wildman–Crippen MR) is 124 cm³/mol. The van der Waals surface area contributed by atoms with Crippen molar-refractivity contribution in [1.82, 2.24) is 16.0 Å². The number of furan rings is 1. The molecule has 31 heavy (non-hydrogen) atoms. The molecule has 0 fully saturated rings. The van der Waals surface area contributed by atoms with E-state index in [9.17, 15) is 18.0 Å². The van der Waals surface area contributed by atoms with Gasteiger partial charge in [0.2, 0.25) is 5.91 Å². The first-order valence-corrected chi connectivity index (χ1v) is 9.55. The zero-order valence-corrected chi connectivity index (χ0v) is 20.0. The van der Waals surface area contributed by atoms with Crippen molar-refractivity contribution in [2.24, 2.45) is 10.4 Å². The van der Waals surface area contributed by atoms with E-state index in [-0.39, 0.29) is 36.4 Å². The van der Waals surface area contributed by atoms with Gasteiger partial charge in [0, 0.05) is 26.6 Å². The minimum atomic E-state index is -4.40. The summed E-state index contributed by atoms with van der Waals surface area (Å²) in [6.45, 7) is 4.42. The van der Waals surface area contributed by atoms with Crippen LogP contribution in [0.2, 0.25) is 0 Å². The Kier molecular flexibility index (Phi) is 10.3. The van der Waals surface area contributed by atoms with Crippen molar-refractivity contribution in [3.63, 3.8) is 0 Å². The van der Waals surface area contributed by atoms with Gasteiger partial charge in [-0.1, -0.05) is 12.1 Å². The molecule has 2 rings (SSSR count). The van der Waals surface area contributed by atoms with Crippen LogP contribution in [0.25, 0.3) is 0 Å². The topological polar surface area (TPSA) is 78.7 Å². The van der Waals surface area contributed by atoms with E-state index in [2.05, 4.69) is 20.9 Å². The van der Waals surface area contributed by atoms with Gasteiger partial charge in [-0.25, -0.2) is 4.99 Å². The van der Waals surface area contributed by atoms with Gasteiger partial charge >= 0.3 is 6.18 Å². The summed E-state index contributed by atoms with van der Waals surface area (Å²) in [4.78, 5) is 16.4. The second-order valence-corrected chi connectivity index (χ2v) is 7.44. The number of carbonyl (C=O) groups is 1. The molecule has 0 atom stereocenters. The highest BCUT2D eigenvalue weighted by Crippen LogP contribution is 2.29. The van der Waals surface area contributed by atoms with E-state index in [1.807, 2.05) is 6.07 Å². The van der Waals surface area contributed by atoms with Crippen LogP contribution in [0, 0.1) is 5.41 Å². The monoisotopic (exact) mass is 552 g/mol. The Labute approximate surface area is 197 Å². The first kappa shape index (κ1) is 26.8. The number of aliphatic imine (C=N–C) groups is 1. The molecule has 3 N–H and O–H groups in total. The Balaban J connectivity index is 0.00000480. The molecule has 2 aromatic rings. The largest absolute Gasteiger partial charge is 0.469 e. The zero-order chi connectivity index (χ0) is 22.2. The lowest BCUT2D eigenvalue weighted by Crippen LogP contribution is -2.47. The van der Waals surface area contributed by atoms with Gasteiger partial charge in [0.1, 0.15) is 5.76 Å². The molecule has 0 aliphatic rings. The highest BCUT2D eigenvalue weighted by atomic mass is 127. The Morgan fingerprint density at radius 1 is 1.13 bits per heavy atom. The lowest BCUT2D eigenvalue weighted by Gasteiger charge is -2.24. The normalized spacial score (nSPS) is 12.1. The van der Waals surface area contributed by atoms with Crippen LogP contribution < -0.4 is 16.0 Å². The van der Waals surface area contributed by atoms with Crippen molar-refractivity contribution in [3.05, 3.63) is 59.5 Å². The maximum absolute atomic E-state index is 12.9. The lowest BCUT2D eigenvalue weighted by molar-refractivity contribution is -0.137. The van der Waals surface area contributed by atoms with E-state index < -0.39 is 17.2 Å². The standard InChI is InChI=1S/C21H27F3N4O2.HI/c1-20(2,18(29)25-3)14-28-19(26-10-9-17-8-5-11-30-17)27-13-15-6-4-7-16(12-15)21(22,23)24;/h4-8,11-12H,9-10,13-14H2,1-3H3,(H,25,29)(H2,26,27,28);1H. The third kappa shape index (κ3) is 8.80. The Bertz CT molecular complexity index is 853. The fraction of sp³-hybridized carbons (Fsp3) is 0.429. The molecule has 10 heteroatoms. The first-order chi connectivity index (χ1) is 14.1. The summed E-state index contributed by atoms with van der Waals surface area (Å²) in [7, 11) is 1.56. The smallest absolute Gasteiger partial charge is 0.416 e. The van der Waals surface area contributed by atoms with Crippen LogP contribution in [0.5, 0.6) is 0 Å². The number of nitrogens with one attached hydrogen (secondary N) is 3. The van der Waals surface area contributed by atoms with E-state index in [4.69, 9.17) is 4.42 Å². The zero-order valence-electron chi connectivity index (χ0n) is 17.7. The number of carbonyl (C=O) groups excluding carboxylic acids is 1. The van der Waals surface area contributed by atoms with Crippen LogP contribution in [0.4, 0.5) is 13.2 Å². The molecule has 0 unspecified atom stereocenters. The molecular formula is C21H28F3IN4O2. The molecule has 1 aromatic carbocycles. The van der Waals surface area contributed by atoms with Crippen molar-refractivity contribution in [2.75, 3.05) is 20.1 Å². The Hall–Kier alpha value is -2.24. The molecule has 0 bridgehead atoms. The average Bonchev–Trinajstić information content (AvgIpc) is 3.22. The molecule has 1 aromatic heterocycles. The van der Waals surface area contributed by atoms with Crippen molar-refractivity contribution in [1.29, 1.82) is 0 Å². The van der Waals surface area contributed by atoms with Crippen LogP contribution in [0.3, 0.4) is 0 Å². The number of hydrogen-bond acceptors (Lipinski definition) is 3. The number of guanidine groups is 1. The summed E-state index contributed by atoms with van der Waals surface area (Å²) >= 11 is 0. The van der Waals surface area contributed by atoms with Crippen LogP contribution in [0.15, 0.2) is 52.1 Å². The van der Waals surface area contributed by atoms with Gasteiger partial charge in [-0.15, -0.1) is 24.0 Å². The molecule has 0 radical (unpaired) electrons. The van der Waals surface area contributed by atoms with Crippen LogP contribution in [-0.4, -0.2) is 32.0 Å². The summed E-state index contributed by atoms with van der Waals surface area (Å²) in [5.74, 6) is 1.06. The Morgan fingerprint density at radius 2 is 1.87 bits per heavy atom. The van der Waals surface area contributed by atoms with E-state index in [0.717, 1.165) is 17.9 Å². The van der Waals surface area contributed by atoms with E-state index >= 15 is 0 Å². The molecule has 0 saturated carbocycles. The van der Waals surface area contributed by atoms with Gasteiger partial charge in [0.15, 0.2) is 5.96 Å². The fourth-order valence-electron chi connectivity index (χ4n) is 2.67. The number of amides is 1. The number of rotatable bonds is 8. The van der Waals surface area contributed by atoms with Crippen molar-refractivity contribution in [3.8, 4) is 0 Å². The highest BCUT2D eigenvalue weighted by molar-refractivity contribution is 14.0. The third-order valence-electron chi connectivity index (χ3n) is 4.46. The van der Waals surface area contributed by atoms with Gasteiger partial charge in [0.05, 0.1) is 23.8 Å². The van der Waals surface area contributed by atoms with Crippen molar-refractivity contribution in [2.45, 2.75) is 33.0 Å². The maximum atomic E-state index is 12.9. The van der Waals surface area contributed by atoms with Gasteiger partial charge in [-0.3, -0.25) is 4.79 Å². The average molecular weight is 552 g/mol. The van der Waals surface area contributed by atoms with E-state index in [1.165, 1.54) is 6.07 Å². The summed E-state index contributed by atoms with van der Waals surface area (Å²) < 4.78 is 44.1. The molecule has 0 saturated heterocycles.